The largest absolute Gasteiger partial charge is 0.493 e. The molecule has 0 saturated heterocycles. The van der Waals surface area contributed by atoms with Crippen LogP contribution in [0, 0.1) is 0 Å². The van der Waals surface area contributed by atoms with E-state index in [1.807, 2.05) is 6.07 Å². The minimum absolute atomic E-state index is 0. The molecule has 0 saturated carbocycles. The van der Waals surface area contributed by atoms with Gasteiger partial charge in [-0.2, -0.15) is 0 Å². The maximum Gasteiger partial charge on any atom is 0.308 e. The summed E-state index contributed by atoms with van der Waals surface area (Å²) < 4.78 is 10.2. The van der Waals surface area contributed by atoms with Crippen LogP contribution in [-0.2, 0) is 4.79 Å². The minimum atomic E-state index is -0.383. The van der Waals surface area contributed by atoms with Crippen molar-refractivity contribution in [3.05, 3.63) is 36.4 Å². The zero-order valence-electron chi connectivity index (χ0n) is 10.5. The van der Waals surface area contributed by atoms with Gasteiger partial charge in [0, 0.05) is 13.0 Å². The molecule has 0 fully saturated rings. The molecule has 0 radical (unpaired) electrons. The number of carbonyl (C=O) groups excluding carboxylic acids is 1. The summed E-state index contributed by atoms with van der Waals surface area (Å²) in [5.41, 5.74) is 6.86. The van der Waals surface area contributed by atoms with Gasteiger partial charge < -0.3 is 15.2 Å². The van der Waals surface area contributed by atoms with Crippen LogP contribution in [0.15, 0.2) is 30.9 Å². The second-order valence-electron chi connectivity index (χ2n) is 3.63. The van der Waals surface area contributed by atoms with Gasteiger partial charge in [0.2, 0.25) is 0 Å². The van der Waals surface area contributed by atoms with E-state index in [1.54, 1.807) is 18.2 Å². The number of carbonyl (C=O) groups is 1. The lowest BCUT2D eigenvalue weighted by atomic mass is 10.0. The Kier molecular flexibility index (Phi) is 7.08. The smallest absolute Gasteiger partial charge is 0.308 e. The molecule has 4 nitrogen and oxygen atoms in total. The third-order valence-electron chi connectivity index (χ3n) is 2.29. The zero-order valence-corrected chi connectivity index (χ0v) is 11.3. The first-order chi connectivity index (χ1) is 8.08. The van der Waals surface area contributed by atoms with Crippen molar-refractivity contribution in [2.45, 2.75) is 19.4 Å². The monoisotopic (exact) mass is 271 g/mol. The van der Waals surface area contributed by atoms with Gasteiger partial charge in [-0.25, -0.2) is 0 Å². The number of ether oxygens (including phenoxy) is 2. The van der Waals surface area contributed by atoms with Gasteiger partial charge >= 0.3 is 5.97 Å². The first-order valence-corrected chi connectivity index (χ1v) is 5.31. The Hall–Kier alpha value is -1.52. The number of methoxy groups -OCH3 is 1. The van der Waals surface area contributed by atoms with Gasteiger partial charge in [0.25, 0.3) is 0 Å². The molecule has 0 unspecified atom stereocenters. The molecular weight excluding hydrogens is 254 g/mol. The van der Waals surface area contributed by atoms with Crippen molar-refractivity contribution in [3.8, 4) is 11.5 Å². The topological polar surface area (TPSA) is 61.5 Å². The number of nitrogens with two attached hydrogens (primary N) is 1. The maximum absolute atomic E-state index is 10.9. The SMILES string of the molecule is C=CC[C@H](N)c1ccc(OC(C)=O)c(OC)c1.Cl. The molecule has 0 bridgehead atoms. The van der Waals surface area contributed by atoms with Gasteiger partial charge in [0.15, 0.2) is 11.5 Å². The molecule has 0 aromatic heterocycles. The van der Waals surface area contributed by atoms with E-state index in [0.29, 0.717) is 17.9 Å². The van der Waals surface area contributed by atoms with Gasteiger partial charge in [-0.15, -0.1) is 19.0 Å². The van der Waals surface area contributed by atoms with Gasteiger partial charge in [-0.05, 0) is 24.1 Å². The molecule has 18 heavy (non-hydrogen) atoms. The molecule has 1 atom stereocenters. The summed E-state index contributed by atoms with van der Waals surface area (Å²) in [5, 5.41) is 0. The fourth-order valence-corrected chi connectivity index (χ4v) is 1.47. The first kappa shape index (κ1) is 16.5. The highest BCUT2D eigenvalue weighted by atomic mass is 35.5. The molecule has 100 valence electrons. The summed E-state index contributed by atoms with van der Waals surface area (Å²) in [6, 6.07) is 5.13. The van der Waals surface area contributed by atoms with Crippen molar-refractivity contribution in [3.63, 3.8) is 0 Å². The van der Waals surface area contributed by atoms with Crippen LogP contribution in [0.25, 0.3) is 0 Å². The summed E-state index contributed by atoms with van der Waals surface area (Å²) in [7, 11) is 1.52. The Balaban J connectivity index is 0.00000289. The molecule has 0 amide bonds. The van der Waals surface area contributed by atoms with Crippen molar-refractivity contribution < 1.29 is 14.3 Å². The molecule has 0 heterocycles. The molecule has 0 aliphatic carbocycles. The fraction of sp³-hybridized carbons (Fsp3) is 0.308. The van der Waals surface area contributed by atoms with Crippen molar-refractivity contribution in [2.75, 3.05) is 7.11 Å². The number of benzene rings is 1. The fourth-order valence-electron chi connectivity index (χ4n) is 1.47. The lowest BCUT2D eigenvalue weighted by molar-refractivity contribution is -0.132. The molecule has 2 N–H and O–H groups in total. The van der Waals surface area contributed by atoms with Crippen LogP contribution in [0.5, 0.6) is 11.5 Å². The van der Waals surface area contributed by atoms with Crippen LogP contribution in [0.3, 0.4) is 0 Å². The average Bonchev–Trinajstić information content (AvgIpc) is 2.29. The predicted octanol–water partition coefficient (Wildman–Crippen LogP) is 2.62. The molecule has 0 spiro atoms. The van der Waals surface area contributed by atoms with Crippen LogP contribution in [0.4, 0.5) is 0 Å². The van der Waals surface area contributed by atoms with Crippen LogP contribution in [-0.4, -0.2) is 13.1 Å². The number of hydrogen-bond donors (Lipinski definition) is 1. The second-order valence-corrected chi connectivity index (χ2v) is 3.63. The Morgan fingerprint density at radius 1 is 1.50 bits per heavy atom. The standard InChI is InChI=1S/C13H17NO3.ClH/c1-4-5-11(14)10-6-7-12(17-9(2)15)13(8-10)16-3;/h4,6-8,11H,1,5,14H2,2-3H3;1H/t11-;/m0./s1. The maximum atomic E-state index is 10.9. The van der Waals surface area contributed by atoms with E-state index in [1.165, 1.54) is 14.0 Å². The van der Waals surface area contributed by atoms with E-state index < -0.39 is 0 Å². The van der Waals surface area contributed by atoms with Gasteiger partial charge in [-0.3, -0.25) is 4.79 Å². The molecule has 0 aliphatic heterocycles. The number of rotatable bonds is 5. The van der Waals surface area contributed by atoms with E-state index in [9.17, 15) is 4.79 Å². The van der Waals surface area contributed by atoms with Gasteiger partial charge in [0.05, 0.1) is 7.11 Å². The molecule has 0 aliphatic rings. The highest BCUT2D eigenvalue weighted by Crippen LogP contribution is 2.30. The van der Waals surface area contributed by atoms with Crippen LogP contribution >= 0.6 is 12.4 Å². The highest BCUT2D eigenvalue weighted by molar-refractivity contribution is 5.85. The summed E-state index contributed by atoms with van der Waals surface area (Å²) >= 11 is 0. The van der Waals surface area contributed by atoms with Crippen molar-refractivity contribution in [1.82, 2.24) is 0 Å². The van der Waals surface area contributed by atoms with Crippen LogP contribution < -0.4 is 15.2 Å². The van der Waals surface area contributed by atoms with Crippen molar-refractivity contribution >= 4 is 18.4 Å². The Labute approximate surface area is 113 Å². The molecule has 1 aromatic rings. The summed E-state index contributed by atoms with van der Waals surface area (Å²) in [5.74, 6) is 0.512. The number of halogens is 1. The zero-order chi connectivity index (χ0) is 12.8. The van der Waals surface area contributed by atoms with Crippen molar-refractivity contribution in [2.24, 2.45) is 5.73 Å². The van der Waals surface area contributed by atoms with Gasteiger partial charge in [-0.1, -0.05) is 12.1 Å². The minimum Gasteiger partial charge on any atom is -0.493 e. The first-order valence-electron chi connectivity index (χ1n) is 5.31. The highest BCUT2D eigenvalue weighted by Gasteiger charge is 2.11. The molecule has 5 heteroatoms. The van der Waals surface area contributed by atoms with Gasteiger partial charge in [0.1, 0.15) is 0 Å². The quantitative estimate of drug-likeness (QED) is 0.508. The predicted molar refractivity (Wildman–Crippen MR) is 73.3 cm³/mol. The molecule has 1 aromatic carbocycles. The van der Waals surface area contributed by atoms with E-state index in [0.717, 1.165) is 5.56 Å². The third kappa shape index (κ3) is 4.39. The van der Waals surface area contributed by atoms with E-state index >= 15 is 0 Å². The van der Waals surface area contributed by atoms with Crippen LogP contribution in [0.2, 0.25) is 0 Å². The van der Waals surface area contributed by atoms with E-state index in [2.05, 4.69) is 6.58 Å². The van der Waals surface area contributed by atoms with E-state index in [-0.39, 0.29) is 24.4 Å². The van der Waals surface area contributed by atoms with E-state index in [4.69, 9.17) is 15.2 Å². The van der Waals surface area contributed by atoms with Crippen molar-refractivity contribution in [1.29, 1.82) is 0 Å². The summed E-state index contributed by atoms with van der Waals surface area (Å²) in [6.45, 7) is 4.99. The summed E-state index contributed by atoms with van der Waals surface area (Å²) in [4.78, 5) is 10.9. The Bertz CT molecular complexity index is 421. The normalized spacial score (nSPS) is 11.1. The Morgan fingerprint density at radius 2 is 2.17 bits per heavy atom. The number of hydrogen-bond acceptors (Lipinski definition) is 4. The Morgan fingerprint density at radius 3 is 2.67 bits per heavy atom. The molecular formula is C13H18ClNO3. The average molecular weight is 272 g/mol. The molecule has 1 rings (SSSR count). The summed E-state index contributed by atoms with van der Waals surface area (Å²) in [6.07, 6.45) is 2.44. The second kappa shape index (κ2) is 7.74. The number of esters is 1. The lowest BCUT2D eigenvalue weighted by Crippen LogP contribution is -2.10. The lowest BCUT2D eigenvalue weighted by Gasteiger charge is -2.13. The van der Waals surface area contributed by atoms with Crippen LogP contribution in [0.1, 0.15) is 24.9 Å². The third-order valence-corrected chi connectivity index (χ3v) is 2.29.